The van der Waals surface area contributed by atoms with Crippen LogP contribution in [-0.2, 0) is 0 Å². The molecule has 2 aromatic rings. The average Bonchev–Trinajstić information content (AvgIpc) is 2.38. The Hall–Kier alpha value is -2.21. The number of nitrogens with zero attached hydrogens (tertiary/aromatic N) is 4. The Labute approximate surface area is 127 Å². The lowest BCUT2D eigenvalue weighted by molar-refractivity contribution is -0.385. The van der Waals surface area contributed by atoms with Gasteiger partial charge < -0.3 is 4.90 Å². The molecule has 21 heavy (non-hydrogen) atoms. The topological polar surface area (TPSA) is 72.2 Å². The fourth-order valence-electron chi connectivity index (χ4n) is 2.17. The number of hydrogen-bond acceptors (Lipinski definition) is 5. The van der Waals surface area contributed by atoms with Gasteiger partial charge in [-0.2, -0.15) is 4.98 Å². The molecule has 0 amide bonds. The van der Waals surface area contributed by atoms with Crippen molar-refractivity contribution < 1.29 is 4.92 Å². The molecule has 0 unspecified atom stereocenters. The third-order valence-corrected chi connectivity index (χ3v) is 3.25. The second-order valence-corrected chi connectivity index (χ2v) is 4.93. The van der Waals surface area contributed by atoms with Gasteiger partial charge in [-0.05, 0) is 50.1 Å². The van der Waals surface area contributed by atoms with Gasteiger partial charge in [-0.25, -0.2) is 4.98 Å². The van der Waals surface area contributed by atoms with Crippen LogP contribution in [0, 0.1) is 24.0 Å². The predicted octanol–water partition coefficient (Wildman–Crippen LogP) is 3.81. The number of rotatable bonds is 4. The van der Waals surface area contributed by atoms with E-state index in [2.05, 4.69) is 9.97 Å². The monoisotopic (exact) mass is 306 g/mol. The Balaban J connectivity index is 2.65. The van der Waals surface area contributed by atoms with E-state index in [1.54, 1.807) is 11.8 Å². The summed E-state index contributed by atoms with van der Waals surface area (Å²) in [5, 5.41) is 11.3. The van der Waals surface area contributed by atoms with E-state index >= 15 is 0 Å². The molecule has 0 atom stereocenters. The largest absolute Gasteiger partial charge is 0.333 e. The van der Waals surface area contributed by atoms with Crippen molar-refractivity contribution in [3.63, 3.8) is 0 Å². The van der Waals surface area contributed by atoms with Gasteiger partial charge in [0.25, 0.3) is 0 Å². The zero-order chi connectivity index (χ0) is 15.6. The molecular formula is C14H15ClN4O2. The molecule has 0 saturated heterocycles. The summed E-state index contributed by atoms with van der Waals surface area (Å²) in [6.07, 6.45) is 0. The summed E-state index contributed by atoms with van der Waals surface area (Å²) < 4.78 is 0. The molecule has 0 spiro atoms. The molecule has 0 N–H and O–H groups in total. The summed E-state index contributed by atoms with van der Waals surface area (Å²) in [4.78, 5) is 20.6. The first kappa shape index (κ1) is 15.2. The molecule has 0 fully saturated rings. The number of halogens is 1. The van der Waals surface area contributed by atoms with Gasteiger partial charge in [0.05, 0.1) is 4.92 Å². The van der Waals surface area contributed by atoms with E-state index in [1.807, 2.05) is 38.1 Å². The molecule has 2 rings (SSSR count). The smallest absolute Gasteiger partial charge is 0.321 e. The molecule has 1 aromatic carbocycles. The summed E-state index contributed by atoms with van der Waals surface area (Å²) in [5.74, 6) is 0.214. The number of nitro groups is 1. The quantitative estimate of drug-likeness (QED) is 0.488. The standard InChI is InChI=1S/C14H15ClN4O2/c1-4-18(11-7-5-6-9(2)8-11)13-12(19(20)21)10(3)16-14(15)17-13/h5-8H,4H2,1-3H3. The number of anilines is 2. The van der Waals surface area contributed by atoms with Gasteiger partial charge in [0.15, 0.2) is 0 Å². The van der Waals surface area contributed by atoms with Crippen LogP contribution >= 0.6 is 11.6 Å². The van der Waals surface area contributed by atoms with E-state index in [4.69, 9.17) is 11.6 Å². The van der Waals surface area contributed by atoms with Crippen LogP contribution in [0.4, 0.5) is 17.2 Å². The minimum absolute atomic E-state index is 0.000738. The fraction of sp³-hybridized carbons (Fsp3) is 0.286. The van der Waals surface area contributed by atoms with E-state index < -0.39 is 4.92 Å². The van der Waals surface area contributed by atoms with Crippen LogP contribution in [-0.4, -0.2) is 21.4 Å². The number of aromatic nitrogens is 2. The summed E-state index contributed by atoms with van der Waals surface area (Å²) >= 11 is 5.88. The Morgan fingerprint density at radius 3 is 2.62 bits per heavy atom. The van der Waals surface area contributed by atoms with Gasteiger partial charge in [0.1, 0.15) is 5.69 Å². The van der Waals surface area contributed by atoms with Crippen LogP contribution in [0.3, 0.4) is 0 Å². The number of hydrogen-bond donors (Lipinski definition) is 0. The fourth-order valence-corrected chi connectivity index (χ4v) is 2.38. The molecule has 0 aliphatic rings. The molecule has 0 saturated carbocycles. The molecule has 6 nitrogen and oxygen atoms in total. The van der Waals surface area contributed by atoms with Gasteiger partial charge in [0.2, 0.25) is 11.1 Å². The van der Waals surface area contributed by atoms with Crippen molar-refractivity contribution in [3.05, 3.63) is 50.9 Å². The normalized spacial score (nSPS) is 10.5. The Morgan fingerprint density at radius 1 is 1.33 bits per heavy atom. The Bertz CT molecular complexity index is 691. The maximum Gasteiger partial charge on any atom is 0.333 e. The number of benzene rings is 1. The lowest BCUT2D eigenvalue weighted by Crippen LogP contribution is -2.20. The van der Waals surface area contributed by atoms with E-state index in [1.165, 1.54) is 0 Å². The first-order chi connectivity index (χ1) is 9.93. The lowest BCUT2D eigenvalue weighted by Gasteiger charge is -2.22. The molecule has 1 heterocycles. The molecule has 110 valence electrons. The molecule has 1 aromatic heterocycles. The van der Waals surface area contributed by atoms with Crippen LogP contribution < -0.4 is 4.90 Å². The second-order valence-electron chi connectivity index (χ2n) is 4.59. The molecule has 0 bridgehead atoms. The molecule has 0 aliphatic carbocycles. The van der Waals surface area contributed by atoms with Crippen LogP contribution in [0.15, 0.2) is 24.3 Å². The lowest BCUT2D eigenvalue weighted by atomic mass is 10.2. The minimum atomic E-state index is -0.473. The highest BCUT2D eigenvalue weighted by atomic mass is 35.5. The van der Waals surface area contributed by atoms with Crippen molar-refractivity contribution in [2.24, 2.45) is 0 Å². The van der Waals surface area contributed by atoms with Crippen LogP contribution in [0.5, 0.6) is 0 Å². The summed E-state index contributed by atoms with van der Waals surface area (Å²) in [6.45, 7) is 5.94. The van der Waals surface area contributed by atoms with E-state index in [9.17, 15) is 10.1 Å². The van der Waals surface area contributed by atoms with E-state index in [0.29, 0.717) is 6.54 Å². The molecule has 0 radical (unpaired) electrons. The average molecular weight is 307 g/mol. The highest BCUT2D eigenvalue weighted by Crippen LogP contribution is 2.34. The van der Waals surface area contributed by atoms with Gasteiger partial charge in [-0.15, -0.1) is 0 Å². The number of aryl methyl sites for hydroxylation is 2. The third kappa shape index (κ3) is 3.11. The molecular weight excluding hydrogens is 292 g/mol. The van der Waals surface area contributed by atoms with Crippen molar-refractivity contribution in [1.82, 2.24) is 9.97 Å². The van der Waals surface area contributed by atoms with Gasteiger partial charge >= 0.3 is 5.69 Å². The Kier molecular flexibility index (Phi) is 4.37. The first-order valence-corrected chi connectivity index (χ1v) is 6.84. The predicted molar refractivity (Wildman–Crippen MR) is 82.3 cm³/mol. The van der Waals surface area contributed by atoms with Gasteiger partial charge in [-0.1, -0.05) is 12.1 Å². The zero-order valence-corrected chi connectivity index (χ0v) is 12.8. The first-order valence-electron chi connectivity index (χ1n) is 6.46. The summed E-state index contributed by atoms with van der Waals surface area (Å²) in [7, 11) is 0. The van der Waals surface area contributed by atoms with Crippen LogP contribution in [0.2, 0.25) is 5.28 Å². The maximum atomic E-state index is 11.3. The van der Waals surface area contributed by atoms with E-state index in [-0.39, 0.29) is 22.5 Å². The van der Waals surface area contributed by atoms with E-state index in [0.717, 1.165) is 11.3 Å². The van der Waals surface area contributed by atoms with Crippen molar-refractivity contribution in [3.8, 4) is 0 Å². The highest BCUT2D eigenvalue weighted by Gasteiger charge is 2.26. The summed E-state index contributed by atoms with van der Waals surface area (Å²) in [6, 6.07) is 7.68. The highest BCUT2D eigenvalue weighted by molar-refractivity contribution is 6.28. The van der Waals surface area contributed by atoms with Crippen LogP contribution in [0.1, 0.15) is 18.2 Å². The minimum Gasteiger partial charge on any atom is -0.321 e. The maximum absolute atomic E-state index is 11.3. The molecule has 7 heteroatoms. The van der Waals surface area contributed by atoms with Gasteiger partial charge in [0, 0.05) is 12.2 Å². The molecule has 0 aliphatic heterocycles. The second kappa shape index (κ2) is 6.05. The van der Waals surface area contributed by atoms with Crippen molar-refractivity contribution >= 4 is 28.8 Å². The van der Waals surface area contributed by atoms with Gasteiger partial charge in [-0.3, -0.25) is 10.1 Å². The SMILES string of the molecule is CCN(c1cccc(C)c1)c1nc(Cl)nc(C)c1[N+](=O)[O-]. The zero-order valence-electron chi connectivity index (χ0n) is 12.0. The summed E-state index contributed by atoms with van der Waals surface area (Å²) in [5.41, 5.74) is 2.02. The Morgan fingerprint density at radius 2 is 2.05 bits per heavy atom. The van der Waals surface area contributed by atoms with Crippen LogP contribution in [0.25, 0.3) is 0 Å². The third-order valence-electron chi connectivity index (χ3n) is 3.08. The van der Waals surface area contributed by atoms with Crippen molar-refractivity contribution in [2.75, 3.05) is 11.4 Å². The van der Waals surface area contributed by atoms with Crippen molar-refractivity contribution in [2.45, 2.75) is 20.8 Å². The van der Waals surface area contributed by atoms with Crippen molar-refractivity contribution in [1.29, 1.82) is 0 Å².